The summed E-state index contributed by atoms with van der Waals surface area (Å²) in [7, 11) is 0. The van der Waals surface area contributed by atoms with E-state index in [1.165, 1.54) is 24.3 Å². The van der Waals surface area contributed by atoms with Gasteiger partial charge in [0.05, 0.1) is 26.6 Å². The van der Waals surface area contributed by atoms with Crippen LogP contribution in [-0.2, 0) is 6.61 Å². The molecule has 0 heterocycles. The van der Waals surface area contributed by atoms with E-state index in [0.717, 1.165) is 16.3 Å². The Hall–Kier alpha value is -3.85. The number of fused-ring (bicyclic) bond motifs is 1. The average molecular weight is 475 g/mol. The van der Waals surface area contributed by atoms with Crippen LogP contribution in [-0.4, -0.2) is 4.92 Å². The van der Waals surface area contributed by atoms with E-state index in [4.69, 9.17) is 27.9 Å². The minimum absolute atomic E-state index is 0.0463. The maximum atomic E-state index is 10.8. The number of non-ortho nitro benzene ring substituents is 1. The van der Waals surface area contributed by atoms with Crippen molar-refractivity contribution in [1.29, 1.82) is 5.26 Å². The zero-order valence-electron chi connectivity index (χ0n) is 17.2. The summed E-state index contributed by atoms with van der Waals surface area (Å²) >= 11 is 12.9. The van der Waals surface area contributed by atoms with Crippen LogP contribution in [0, 0.1) is 21.4 Å². The Labute approximate surface area is 200 Å². The molecule has 0 aromatic heterocycles. The minimum Gasteiger partial charge on any atom is -0.486 e. The van der Waals surface area contributed by atoms with Gasteiger partial charge in [-0.25, -0.2) is 0 Å². The highest BCUT2D eigenvalue weighted by molar-refractivity contribution is 6.37. The van der Waals surface area contributed by atoms with Gasteiger partial charge in [0, 0.05) is 12.1 Å². The van der Waals surface area contributed by atoms with E-state index in [1.807, 2.05) is 36.4 Å². The third kappa shape index (κ3) is 5.15. The Morgan fingerprint density at radius 3 is 2.27 bits per heavy atom. The molecule has 5 nitrogen and oxygen atoms in total. The summed E-state index contributed by atoms with van der Waals surface area (Å²) in [4.78, 5) is 10.3. The van der Waals surface area contributed by atoms with Gasteiger partial charge in [0.25, 0.3) is 5.69 Å². The fourth-order valence-electron chi connectivity index (χ4n) is 3.39. The van der Waals surface area contributed by atoms with Crippen molar-refractivity contribution < 1.29 is 9.66 Å². The topological polar surface area (TPSA) is 76.2 Å². The van der Waals surface area contributed by atoms with Crippen LogP contribution in [0.1, 0.15) is 16.7 Å². The van der Waals surface area contributed by atoms with Gasteiger partial charge in [-0.3, -0.25) is 10.1 Å². The number of nitro benzene ring substituents is 1. The van der Waals surface area contributed by atoms with Crippen LogP contribution in [0.3, 0.4) is 0 Å². The maximum absolute atomic E-state index is 10.8. The van der Waals surface area contributed by atoms with Gasteiger partial charge < -0.3 is 4.74 Å². The smallest absolute Gasteiger partial charge is 0.269 e. The Bertz CT molecular complexity index is 1400. The number of benzene rings is 4. The quantitative estimate of drug-likeness (QED) is 0.124. The molecule has 0 atom stereocenters. The van der Waals surface area contributed by atoms with Gasteiger partial charge in [-0.15, -0.1) is 0 Å². The lowest BCUT2D eigenvalue weighted by Crippen LogP contribution is -1.97. The van der Waals surface area contributed by atoms with Crippen molar-refractivity contribution in [2.75, 3.05) is 0 Å². The highest BCUT2D eigenvalue weighted by Crippen LogP contribution is 2.36. The van der Waals surface area contributed by atoms with Crippen LogP contribution >= 0.6 is 23.2 Å². The van der Waals surface area contributed by atoms with Crippen LogP contribution in [0.15, 0.2) is 78.9 Å². The first-order valence-corrected chi connectivity index (χ1v) is 10.7. The van der Waals surface area contributed by atoms with E-state index in [2.05, 4.69) is 12.1 Å². The molecule has 0 saturated carbocycles. The number of hydrogen-bond donors (Lipinski definition) is 0. The van der Waals surface area contributed by atoms with Crippen LogP contribution in [0.5, 0.6) is 5.75 Å². The first kappa shape index (κ1) is 22.3. The van der Waals surface area contributed by atoms with Crippen LogP contribution < -0.4 is 4.74 Å². The molecule has 0 radical (unpaired) electrons. The van der Waals surface area contributed by atoms with Crippen LogP contribution in [0.4, 0.5) is 5.69 Å². The van der Waals surface area contributed by atoms with Crippen molar-refractivity contribution in [3.8, 4) is 11.8 Å². The number of hydrogen-bond acceptors (Lipinski definition) is 4. The zero-order valence-corrected chi connectivity index (χ0v) is 18.7. The molecule has 4 aromatic carbocycles. The molecule has 0 unspecified atom stereocenters. The van der Waals surface area contributed by atoms with E-state index in [-0.39, 0.29) is 5.69 Å². The standard InChI is InChI=1S/C26H16Cl2N2O3/c27-24-13-18(12-22(15-29)20-7-9-23(10-8-20)30(31)32)14-25(28)26(24)33-16-17-5-6-19-3-1-2-4-21(19)11-17/h1-14H,16H2/b22-12-. The highest BCUT2D eigenvalue weighted by Gasteiger charge is 2.12. The van der Waals surface area contributed by atoms with Gasteiger partial charge in [-0.1, -0.05) is 59.6 Å². The van der Waals surface area contributed by atoms with Gasteiger partial charge in [0.2, 0.25) is 0 Å². The largest absolute Gasteiger partial charge is 0.486 e. The number of halogens is 2. The Morgan fingerprint density at radius 1 is 0.970 bits per heavy atom. The molecule has 4 rings (SSSR count). The number of nitrogens with zero attached hydrogens (tertiary/aromatic N) is 2. The normalized spacial score (nSPS) is 11.2. The van der Waals surface area contributed by atoms with E-state index in [1.54, 1.807) is 18.2 Å². The second kappa shape index (κ2) is 9.74. The SMILES string of the molecule is N#C/C(=C/c1cc(Cl)c(OCc2ccc3ccccc3c2)c(Cl)c1)c1ccc([N+](=O)[O-])cc1. The van der Waals surface area contributed by atoms with Gasteiger partial charge in [-0.2, -0.15) is 5.26 Å². The zero-order chi connectivity index (χ0) is 23.4. The lowest BCUT2D eigenvalue weighted by Gasteiger charge is -2.12. The van der Waals surface area contributed by atoms with E-state index in [0.29, 0.717) is 39.1 Å². The first-order chi connectivity index (χ1) is 15.9. The first-order valence-electron chi connectivity index (χ1n) is 9.91. The molecular formula is C26H16Cl2N2O3. The second-order valence-corrected chi connectivity index (χ2v) is 8.07. The Balaban J connectivity index is 1.55. The monoisotopic (exact) mass is 474 g/mol. The highest BCUT2D eigenvalue weighted by atomic mass is 35.5. The number of ether oxygens (including phenoxy) is 1. The van der Waals surface area contributed by atoms with Crippen molar-refractivity contribution in [2.24, 2.45) is 0 Å². The molecule has 4 aromatic rings. The summed E-state index contributed by atoms with van der Waals surface area (Å²) in [5.41, 5.74) is 2.41. The molecule has 0 aliphatic rings. The average Bonchev–Trinajstić information content (AvgIpc) is 2.82. The molecule has 0 fully saturated rings. The van der Waals surface area contributed by atoms with Crippen molar-refractivity contribution >= 4 is 51.3 Å². The maximum Gasteiger partial charge on any atom is 0.269 e. The number of nitriles is 1. The number of allylic oxidation sites excluding steroid dienone is 1. The second-order valence-electron chi connectivity index (χ2n) is 7.26. The minimum atomic E-state index is -0.490. The molecule has 0 bridgehead atoms. The van der Waals surface area contributed by atoms with E-state index >= 15 is 0 Å². The Morgan fingerprint density at radius 2 is 1.64 bits per heavy atom. The molecule has 0 N–H and O–H groups in total. The Kier molecular flexibility index (Phi) is 6.60. The van der Waals surface area contributed by atoms with E-state index in [9.17, 15) is 15.4 Å². The summed E-state index contributed by atoms with van der Waals surface area (Å²) in [6.45, 7) is 0.297. The number of nitro groups is 1. The molecule has 7 heteroatoms. The fraction of sp³-hybridized carbons (Fsp3) is 0.0385. The third-order valence-corrected chi connectivity index (χ3v) is 5.60. The van der Waals surface area contributed by atoms with Gasteiger partial charge >= 0.3 is 0 Å². The van der Waals surface area contributed by atoms with Gasteiger partial charge in [-0.05, 0) is 63.9 Å². The molecule has 162 valence electrons. The molecule has 0 aliphatic carbocycles. The van der Waals surface area contributed by atoms with Crippen molar-refractivity contribution in [2.45, 2.75) is 6.61 Å². The summed E-state index contributed by atoms with van der Waals surface area (Å²) < 4.78 is 5.90. The van der Waals surface area contributed by atoms with Crippen LogP contribution in [0.2, 0.25) is 10.0 Å². The lowest BCUT2D eigenvalue weighted by molar-refractivity contribution is -0.384. The van der Waals surface area contributed by atoms with Gasteiger partial charge in [0.15, 0.2) is 5.75 Å². The lowest BCUT2D eigenvalue weighted by atomic mass is 10.0. The molecule has 0 spiro atoms. The van der Waals surface area contributed by atoms with E-state index < -0.39 is 4.92 Å². The predicted molar refractivity (Wildman–Crippen MR) is 131 cm³/mol. The van der Waals surface area contributed by atoms with Crippen LogP contribution in [0.25, 0.3) is 22.4 Å². The molecule has 33 heavy (non-hydrogen) atoms. The van der Waals surface area contributed by atoms with Crippen molar-refractivity contribution in [1.82, 2.24) is 0 Å². The summed E-state index contributed by atoms with van der Waals surface area (Å²) in [6.07, 6.45) is 1.62. The molecule has 0 saturated heterocycles. The summed E-state index contributed by atoms with van der Waals surface area (Å²) in [5, 5.41) is 23.3. The molecular weight excluding hydrogens is 459 g/mol. The predicted octanol–water partition coefficient (Wildman–Crippen LogP) is 7.70. The summed E-state index contributed by atoms with van der Waals surface area (Å²) in [5.74, 6) is 0.359. The molecule has 0 aliphatic heterocycles. The summed E-state index contributed by atoms with van der Waals surface area (Å²) in [6, 6.07) is 25.3. The fourth-order valence-corrected chi connectivity index (χ4v) is 4.01. The van der Waals surface area contributed by atoms with Gasteiger partial charge in [0.1, 0.15) is 6.61 Å². The number of rotatable bonds is 6. The van der Waals surface area contributed by atoms with Crippen molar-refractivity contribution in [3.63, 3.8) is 0 Å². The van der Waals surface area contributed by atoms with Crippen molar-refractivity contribution in [3.05, 3.63) is 116 Å². The molecule has 0 amide bonds. The third-order valence-electron chi connectivity index (χ3n) is 5.04.